The number of nitrogens with zero attached hydrogens (tertiary/aromatic N) is 1. The van der Waals surface area contributed by atoms with Crippen LogP contribution >= 0.6 is 63.7 Å². The third-order valence-corrected chi connectivity index (χ3v) is 7.01. The second-order valence-electron chi connectivity index (χ2n) is 6.87. The number of allylic oxidation sites excluding steroid dienone is 1. The fourth-order valence-corrected chi connectivity index (χ4v) is 6.00. The monoisotopic (exact) mass is 714 g/mol. The van der Waals surface area contributed by atoms with Gasteiger partial charge in [0.1, 0.15) is 24.1 Å². The van der Waals surface area contributed by atoms with Crippen LogP contribution in [0, 0.1) is 0 Å². The Morgan fingerprint density at radius 2 is 2.03 bits per heavy atom. The fraction of sp³-hybridized carbons (Fsp3) is 0.350. The number of methoxy groups -OCH3 is 1. The second kappa shape index (κ2) is 11.3. The molecule has 0 fully saturated rings. The topological polar surface area (TPSA) is 116 Å². The molecule has 2 aliphatic rings. The van der Waals surface area contributed by atoms with E-state index in [0.717, 1.165) is 6.29 Å². The Balaban J connectivity index is 1.52. The summed E-state index contributed by atoms with van der Waals surface area (Å²) >= 11 is 13.4. The van der Waals surface area contributed by atoms with Gasteiger partial charge in [0, 0.05) is 16.6 Å². The van der Waals surface area contributed by atoms with Crippen molar-refractivity contribution in [3.8, 4) is 5.75 Å². The molecule has 3 rings (SSSR count). The zero-order valence-corrected chi connectivity index (χ0v) is 23.4. The van der Waals surface area contributed by atoms with Crippen molar-refractivity contribution < 1.29 is 33.7 Å². The second-order valence-corrected chi connectivity index (χ2v) is 10.4. The number of carbonyl (C=O) groups excluding carboxylic acids is 2. The molecule has 0 aliphatic carbocycles. The lowest BCUT2D eigenvalue weighted by atomic mass is 10.0. The van der Waals surface area contributed by atoms with Crippen LogP contribution in [0.25, 0.3) is 0 Å². The number of amides is 1. The van der Waals surface area contributed by atoms with E-state index < -0.39 is 17.8 Å². The highest BCUT2D eigenvalue weighted by molar-refractivity contribution is 9.12. The summed E-state index contributed by atoms with van der Waals surface area (Å²) in [5.74, 6) is -1.16. The quantitative estimate of drug-likeness (QED) is 0.305. The summed E-state index contributed by atoms with van der Waals surface area (Å²) in [6.07, 6.45) is 1.17. The molecule has 1 spiro atoms. The summed E-state index contributed by atoms with van der Waals surface area (Å²) < 4.78 is 19.0. The van der Waals surface area contributed by atoms with Gasteiger partial charge in [-0.3, -0.25) is 9.59 Å². The van der Waals surface area contributed by atoms with Gasteiger partial charge in [-0.25, -0.2) is 0 Å². The molecule has 2 N–H and O–H groups in total. The lowest BCUT2D eigenvalue weighted by molar-refractivity contribution is -0.225. The van der Waals surface area contributed by atoms with Crippen molar-refractivity contribution in [3.05, 3.63) is 47.6 Å². The average molecular weight is 718 g/mol. The zero-order valence-electron chi connectivity index (χ0n) is 17.1. The number of rotatable bonds is 8. The van der Waals surface area contributed by atoms with E-state index in [4.69, 9.17) is 19.0 Å². The molecule has 13 heteroatoms. The van der Waals surface area contributed by atoms with Gasteiger partial charge in [0.25, 0.3) is 5.91 Å². The van der Waals surface area contributed by atoms with Crippen LogP contribution in [0.5, 0.6) is 5.75 Å². The summed E-state index contributed by atoms with van der Waals surface area (Å²) in [4.78, 5) is 28.8. The van der Waals surface area contributed by atoms with E-state index in [1.807, 2.05) is 0 Å². The van der Waals surface area contributed by atoms with Gasteiger partial charge in [0.15, 0.2) is 11.8 Å². The predicted molar refractivity (Wildman–Crippen MR) is 133 cm³/mol. The Hall–Kier alpha value is -1.41. The summed E-state index contributed by atoms with van der Waals surface area (Å²) in [5, 5.41) is 17.2. The van der Waals surface area contributed by atoms with E-state index in [1.54, 1.807) is 12.1 Å². The normalized spacial score (nSPS) is 22.1. The predicted octanol–water partition coefficient (Wildman–Crippen LogP) is 4.26. The van der Waals surface area contributed by atoms with E-state index in [1.165, 1.54) is 13.4 Å². The molecule has 2 atom stereocenters. The Labute approximate surface area is 223 Å². The number of aldehydes is 1. The van der Waals surface area contributed by atoms with Gasteiger partial charge in [-0.2, -0.15) is 0 Å². The smallest absolute Gasteiger partial charge is 0.311 e. The number of nitrogens with one attached hydrogen (secondary N) is 1. The molecule has 2 aliphatic heterocycles. The number of halogens is 4. The molecular formula is C20H18Br4N2O7. The summed E-state index contributed by atoms with van der Waals surface area (Å²) in [7, 11) is 1.49. The maximum Gasteiger partial charge on any atom is 0.311 e. The highest BCUT2D eigenvalue weighted by atomic mass is 79.9. The zero-order chi connectivity index (χ0) is 24.2. The lowest BCUT2D eigenvalue weighted by Gasteiger charge is -2.27. The van der Waals surface area contributed by atoms with Crippen molar-refractivity contribution in [1.82, 2.24) is 5.32 Å². The van der Waals surface area contributed by atoms with Gasteiger partial charge < -0.3 is 29.5 Å². The van der Waals surface area contributed by atoms with Crippen molar-refractivity contribution in [2.75, 3.05) is 20.3 Å². The molecule has 1 aromatic carbocycles. The van der Waals surface area contributed by atoms with Crippen LogP contribution in [0.2, 0.25) is 0 Å². The van der Waals surface area contributed by atoms with E-state index >= 15 is 0 Å². The number of oxime groups is 1. The van der Waals surface area contributed by atoms with Crippen LogP contribution in [-0.2, 0) is 19.1 Å². The maximum atomic E-state index is 12.5. The molecule has 2 heterocycles. The first-order chi connectivity index (χ1) is 15.7. The summed E-state index contributed by atoms with van der Waals surface area (Å²) in [5.41, 5.74) is 0.308. The third kappa shape index (κ3) is 5.81. The number of aliphatic hydroxyl groups is 1. The molecule has 0 bridgehead atoms. The van der Waals surface area contributed by atoms with Crippen LogP contribution in [-0.4, -0.2) is 55.2 Å². The number of hydrogen-bond donors (Lipinski definition) is 2. The van der Waals surface area contributed by atoms with Gasteiger partial charge in [-0.05, 0) is 66.3 Å². The van der Waals surface area contributed by atoms with E-state index in [0.29, 0.717) is 48.0 Å². The SMILES string of the molecule is COC1=C(Br)C[C@@]2(OC=C1Br)ON=C(C(=O)NCCCOc1c(Br)cc(C=O)cc1Br)[C@@H]2O. The first-order valence-corrected chi connectivity index (χ1v) is 12.7. The van der Waals surface area contributed by atoms with Crippen molar-refractivity contribution >= 4 is 81.6 Å². The van der Waals surface area contributed by atoms with Crippen LogP contribution < -0.4 is 10.1 Å². The Morgan fingerprint density at radius 1 is 1.33 bits per heavy atom. The number of hydrogen-bond acceptors (Lipinski definition) is 8. The minimum absolute atomic E-state index is 0.0592. The van der Waals surface area contributed by atoms with Gasteiger partial charge in [-0.1, -0.05) is 21.1 Å². The highest BCUT2D eigenvalue weighted by Crippen LogP contribution is 2.41. The maximum absolute atomic E-state index is 12.5. The molecule has 0 saturated heterocycles. The number of benzene rings is 1. The molecule has 0 aromatic heterocycles. The molecule has 0 unspecified atom stereocenters. The van der Waals surface area contributed by atoms with Crippen molar-refractivity contribution in [2.45, 2.75) is 24.7 Å². The minimum atomic E-state index is -1.60. The average Bonchev–Trinajstić information content (AvgIpc) is 3.02. The molecule has 33 heavy (non-hydrogen) atoms. The molecule has 178 valence electrons. The van der Waals surface area contributed by atoms with E-state index in [9.17, 15) is 14.7 Å². The van der Waals surface area contributed by atoms with Crippen molar-refractivity contribution in [2.24, 2.45) is 5.16 Å². The van der Waals surface area contributed by atoms with Crippen LogP contribution in [0.4, 0.5) is 0 Å². The van der Waals surface area contributed by atoms with Crippen molar-refractivity contribution in [3.63, 3.8) is 0 Å². The van der Waals surface area contributed by atoms with Crippen LogP contribution in [0.3, 0.4) is 0 Å². The van der Waals surface area contributed by atoms with Crippen LogP contribution in [0.15, 0.2) is 47.2 Å². The van der Waals surface area contributed by atoms with E-state index in [2.05, 4.69) is 74.2 Å². The number of carbonyl (C=O) groups is 2. The van der Waals surface area contributed by atoms with Gasteiger partial charge in [-0.15, -0.1) is 0 Å². The van der Waals surface area contributed by atoms with Gasteiger partial charge in [0.2, 0.25) is 0 Å². The fourth-order valence-electron chi connectivity index (χ4n) is 3.02. The molecular weight excluding hydrogens is 700 g/mol. The molecule has 1 amide bonds. The molecule has 9 nitrogen and oxygen atoms in total. The summed E-state index contributed by atoms with van der Waals surface area (Å²) in [6.45, 7) is 0.565. The first-order valence-electron chi connectivity index (χ1n) is 9.48. The molecule has 0 radical (unpaired) electrons. The number of ether oxygens (including phenoxy) is 3. The standard InChI is InChI=1S/C20H18Br4N2O7/c1-30-16-13(23)7-20(32-9-14(16)24)18(28)15(26-33-20)19(29)25-3-2-4-31-17-11(21)5-10(8-27)6-12(17)22/h5-6,8-9,18,28H,2-4,7H2,1H3,(H,25,29)/t18-,20+/m0/s1. The van der Waals surface area contributed by atoms with Crippen LogP contribution in [0.1, 0.15) is 23.2 Å². The lowest BCUT2D eigenvalue weighted by Crippen LogP contribution is -2.49. The largest absolute Gasteiger partial charge is 0.495 e. The third-order valence-electron chi connectivity index (χ3n) is 4.65. The van der Waals surface area contributed by atoms with Gasteiger partial charge in [0.05, 0.1) is 33.6 Å². The first kappa shape index (κ1) is 26.2. The Bertz CT molecular complexity index is 1020. The number of aliphatic hydroxyl groups excluding tert-OH is 1. The Kier molecular flexibility index (Phi) is 9.01. The molecule has 1 aromatic rings. The highest BCUT2D eigenvalue weighted by Gasteiger charge is 2.54. The summed E-state index contributed by atoms with van der Waals surface area (Å²) in [6, 6.07) is 3.30. The minimum Gasteiger partial charge on any atom is -0.495 e. The van der Waals surface area contributed by atoms with E-state index in [-0.39, 0.29) is 18.7 Å². The molecule has 0 saturated carbocycles. The van der Waals surface area contributed by atoms with Gasteiger partial charge >= 0.3 is 5.79 Å². The Morgan fingerprint density at radius 3 is 2.67 bits per heavy atom. The van der Waals surface area contributed by atoms with Crippen molar-refractivity contribution in [1.29, 1.82) is 0 Å².